The molecule has 2 rings (SSSR count). The predicted molar refractivity (Wildman–Crippen MR) is 81.4 cm³/mol. The fraction of sp³-hybridized carbons (Fsp3) is 0.286. The molecule has 1 saturated heterocycles. The Labute approximate surface area is 135 Å². The van der Waals surface area contributed by atoms with Crippen LogP contribution in [0.4, 0.5) is 4.79 Å². The van der Waals surface area contributed by atoms with Crippen molar-refractivity contribution in [3.8, 4) is 11.5 Å². The van der Waals surface area contributed by atoms with Crippen molar-refractivity contribution >= 4 is 27.9 Å². The minimum atomic E-state index is -0.827. The van der Waals surface area contributed by atoms with Crippen molar-refractivity contribution < 1.29 is 24.2 Å². The van der Waals surface area contributed by atoms with Crippen molar-refractivity contribution in [3.05, 3.63) is 34.4 Å². The van der Waals surface area contributed by atoms with Crippen LogP contribution >= 0.6 is 15.9 Å². The van der Waals surface area contributed by atoms with Crippen molar-refractivity contribution in [2.24, 2.45) is 5.92 Å². The van der Waals surface area contributed by atoms with Crippen LogP contribution in [0.3, 0.4) is 0 Å². The maximum atomic E-state index is 12.0. The number of urea groups is 1. The molecule has 1 aromatic carbocycles. The van der Waals surface area contributed by atoms with Crippen LogP contribution in [0.5, 0.6) is 11.5 Å². The van der Waals surface area contributed by atoms with Crippen molar-refractivity contribution in [1.82, 2.24) is 10.6 Å². The van der Waals surface area contributed by atoms with E-state index in [1.165, 1.54) is 14.2 Å². The van der Waals surface area contributed by atoms with Crippen molar-refractivity contribution in [3.63, 3.8) is 0 Å². The molecule has 0 aliphatic carbocycles. The molecular weight excluding hydrogens is 356 g/mol. The third kappa shape index (κ3) is 2.74. The van der Waals surface area contributed by atoms with Crippen LogP contribution in [0.25, 0.3) is 0 Å². The van der Waals surface area contributed by atoms with Crippen molar-refractivity contribution in [2.45, 2.75) is 6.04 Å². The van der Waals surface area contributed by atoms with Gasteiger partial charge in [0.1, 0.15) is 5.92 Å². The molecule has 1 fully saturated rings. The monoisotopic (exact) mass is 370 g/mol. The average molecular weight is 371 g/mol. The Morgan fingerprint density at radius 1 is 1.41 bits per heavy atom. The van der Waals surface area contributed by atoms with Gasteiger partial charge < -0.3 is 25.2 Å². The predicted octanol–water partition coefficient (Wildman–Crippen LogP) is 1.82. The zero-order valence-electron chi connectivity index (χ0n) is 12.0. The molecule has 0 spiro atoms. The molecule has 0 unspecified atom stereocenters. The lowest BCUT2D eigenvalue weighted by Gasteiger charge is -2.33. The Hall–Kier alpha value is -2.22. The molecule has 0 saturated carbocycles. The topological polar surface area (TPSA) is 96.9 Å². The van der Waals surface area contributed by atoms with E-state index >= 15 is 0 Å². The van der Waals surface area contributed by atoms with Gasteiger partial charge in [-0.05, 0) is 27.6 Å². The van der Waals surface area contributed by atoms with E-state index in [4.69, 9.17) is 9.47 Å². The Morgan fingerprint density at radius 3 is 2.68 bits per heavy atom. The molecule has 7 nitrogen and oxygen atoms in total. The molecule has 1 aliphatic heterocycles. The van der Waals surface area contributed by atoms with Gasteiger partial charge in [-0.1, -0.05) is 12.6 Å². The summed E-state index contributed by atoms with van der Waals surface area (Å²) in [5.41, 5.74) is 0.729. The first-order valence-electron chi connectivity index (χ1n) is 6.30. The largest absolute Gasteiger partial charge is 0.503 e. The average Bonchev–Trinajstić information content (AvgIpc) is 2.48. The van der Waals surface area contributed by atoms with Crippen LogP contribution in [0.2, 0.25) is 0 Å². The standard InChI is InChI=1S/C14H15BrN2O5/c1-6-9(13(19)22-3)11(17-14(20)16-6)7-4-5-8(21-2)12(18)10(7)15/h4-5,9,11,18H,1H2,2-3H3,(H2,16,17,20)/t9-,11-/m1/s1. The van der Waals surface area contributed by atoms with Gasteiger partial charge in [0.05, 0.1) is 24.7 Å². The molecule has 8 heteroatoms. The summed E-state index contributed by atoms with van der Waals surface area (Å²) in [5.74, 6) is -1.23. The number of nitrogens with one attached hydrogen (secondary N) is 2. The number of phenols is 1. The number of halogens is 1. The van der Waals surface area contributed by atoms with E-state index in [0.29, 0.717) is 10.0 Å². The number of methoxy groups -OCH3 is 2. The van der Waals surface area contributed by atoms with Gasteiger partial charge in [-0.15, -0.1) is 0 Å². The summed E-state index contributed by atoms with van der Waals surface area (Å²) in [7, 11) is 2.68. The zero-order chi connectivity index (χ0) is 16.4. The Balaban J connectivity index is 2.51. The summed E-state index contributed by atoms with van der Waals surface area (Å²) < 4.78 is 10.1. The van der Waals surface area contributed by atoms with E-state index in [9.17, 15) is 14.7 Å². The lowest BCUT2D eigenvalue weighted by molar-refractivity contribution is -0.145. The third-order valence-corrected chi connectivity index (χ3v) is 4.22. The van der Waals surface area contributed by atoms with E-state index in [1.807, 2.05) is 0 Å². The molecule has 0 bridgehead atoms. The summed E-state index contributed by atoms with van der Waals surface area (Å²) in [6.45, 7) is 3.70. The minimum absolute atomic E-state index is 0.123. The zero-order valence-corrected chi connectivity index (χ0v) is 13.6. The second kappa shape index (κ2) is 6.27. The molecule has 22 heavy (non-hydrogen) atoms. The van der Waals surface area contributed by atoms with Gasteiger partial charge in [0, 0.05) is 5.70 Å². The number of hydrogen-bond acceptors (Lipinski definition) is 5. The number of ether oxygens (including phenoxy) is 2. The van der Waals surface area contributed by atoms with Gasteiger partial charge in [0.2, 0.25) is 0 Å². The van der Waals surface area contributed by atoms with Crippen LogP contribution in [0.1, 0.15) is 11.6 Å². The minimum Gasteiger partial charge on any atom is -0.503 e. The van der Waals surface area contributed by atoms with Gasteiger partial charge in [-0.2, -0.15) is 0 Å². The van der Waals surface area contributed by atoms with Crippen LogP contribution in [-0.2, 0) is 9.53 Å². The van der Waals surface area contributed by atoms with Crippen LogP contribution < -0.4 is 15.4 Å². The van der Waals surface area contributed by atoms with E-state index in [-0.39, 0.29) is 17.2 Å². The van der Waals surface area contributed by atoms with Gasteiger partial charge in [0.25, 0.3) is 0 Å². The highest BCUT2D eigenvalue weighted by molar-refractivity contribution is 9.10. The quantitative estimate of drug-likeness (QED) is 0.705. The molecule has 118 valence electrons. The number of carbonyl (C=O) groups is 2. The molecule has 0 aromatic heterocycles. The second-order valence-electron chi connectivity index (χ2n) is 4.62. The first-order chi connectivity index (χ1) is 10.4. The van der Waals surface area contributed by atoms with E-state index in [2.05, 4.69) is 33.1 Å². The maximum Gasteiger partial charge on any atom is 0.319 e. The number of carbonyl (C=O) groups excluding carboxylic acids is 2. The fourth-order valence-electron chi connectivity index (χ4n) is 2.32. The smallest absolute Gasteiger partial charge is 0.319 e. The van der Waals surface area contributed by atoms with E-state index in [0.717, 1.165) is 0 Å². The normalized spacial score (nSPS) is 20.9. The number of aromatic hydroxyl groups is 1. The van der Waals surface area contributed by atoms with Gasteiger partial charge in [0.15, 0.2) is 11.5 Å². The molecule has 1 aromatic rings. The number of amides is 2. The van der Waals surface area contributed by atoms with Gasteiger partial charge in [-0.3, -0.25) is 4.79 Å². The summed E-state index contributed by atoms with van der Waals surface area (Å²) >= 11 is 3.26. The molecule has 1 heterocycles. The summed E-state index contributed by atoms with van der Waals surface area (Å²) in [6, 6.07) is 1.96. The molecule has 0 radical (unpaired) electrons. The van der Waals surface area contributed by atoms with Crippen molar-refractivity contribution in [2.75, 3.05) is 14.2 Å². The third-order valence-electron chi connectivity index (χ3n) is 3.39. The lowest BCUT2D eigenvalue weighted by Crippen LogP contribution is -2.51. The Kier molecular flexibility index (Phi) is 4.60. The van der Waals surface area contributed by atoms with Gasteiger partial charge in [-0.25, -0.2) is 4.79 Å². The molecule has 2 amide bonds. The molecule has 3 N–H and O–H groups in total. The van der Waals surface area contributed by atoms with Crippen LogP contribution in [0.15, 0.2) is 28.9 Å². The SMILES string of the molecule is C=C1NC(=O)N[C@H](c2ccc(OC)c(O)c2Br)[C@@H]1C(=O)OC. The number of phenolic OH excluding ortho intramolecular Hbond substituents is 1. The second-order valence-corrected chi connectivity index (χ2v) is 5.41. The van der Waals surface area contributed by atoms with E-state index in [1.54, 1.807) is 12.1 Å². The number of rotatable bonds is 3. The highest BCUT2D eigenvalue weighted by atomic mass is 79.9. The molecule has 1 aliphatic rings. The first kappa shape index (κ1) is 16.2. The van der Waals surface area contributed by atoms with E-state index < -0.39 is 24.0 Å². The maximum absolute atomic E-state index is 12.0. The summed E-state index contributed by atoms with van der Waals surface area (Å²) in [4.78, 5) is 23.7. The Bertz CT molecular complexity index is 646. The molecular formula is C14H15BrN2O5. The summed E-state index contributed by atoms with van der Waals surface area (Å²) in [6.07, 6.45) is 0. The first-order valence-corrected chi connectivity index (χ1v) is 7.09. The fourth-order valence-corrected chi connectivity index (χ4v) is 2.89. The van der Waals surface area contributed by atoms with Gasteiger partial charge >= 0.3 is 12.0 Å². The number of hydrogen-bond donors (Lipinski definition) is 3. The summed E-state index contributed by atoms with van der Waals surface area (Å²) in [5, 5.41) is 15.2. The van der Waals surface area contributed by atoms with Crippen LogP contribution in [0, 0.1) is 5.92 Å². The Morgan fingerprint density at radius 2 is 2.09 bits per heavy atom. The lowest BCUT2D eigenvalue weighted by atomic mass is 9.89. The van der Waals surface area contributed by atoms with Crippen LogP contribution in [-0.4, -0.2) is 31.3 Å². The highest BCUT2D eigenvalue weighted by Gasteiger charge is 2.39. The highest BCUT2D eigenvalue weighted by Crippen LogP contribution is 2.42. The molecule has 2 atom stereocenters. The number of benzene rings is 1. The van der Waals surface area contributed by atoms with Crippen molar-refractivity contribution in [1.29, 1.82) is 0 Å². The number of esters is 1.